The molecular weight excluding hydrogens is 254 g/mol. The number of nitrogens with zero attached hydrogens (tertiary/aromatic N) is 3. The third-order valence-electron chi connectivity index (χ3n) is 2.47. The number of pyridine rings is 1. The Labute approximate surface area is 107 Å². The van der Waals surface area contributed by atoms with E-state index in [1.807, 2.05) is 25.3 Å². The molecule has 0 fully saturated rings. The van der Waals surface area contributed by atoms with Crippen LogP contribution in [0, 0.1) is 6.92 Å². The van der Waals surface area contributed by atoms with Crippen molar-refractivity contribution in [2.75, 3.05) is 0 Å². The number of aromatic nitrogens is 3. The Kier molecular flexibility index (Phi) is 2.53. The van der Waals surface area contributed by atoms with Crippen LogP contribution in [0.25, 0.3) is 21.5 Å². The molecule has 0 unspecified atom stereocenters. The van der Waals surface area contributed by atoms with E-state index in [1.165, 1.54) is 11.5 Å². The Morgan fingerprint density at radius 2 is 2.12 bits per heavy atom. The van der Waals surface area contributed by atoms with Gasteiger partial charge in [-0.15, -0.1) is 0 Å². The fourth-order valence-electron chi connectivity index (χ4n) is 1.70. The van der Waals surface area contributed by atoms with Crippen LogP contribution in [0.15, 0.2) is 30.5 Å². The molecule has 17 heavy (non-hydrogen) atoms. The fraction of sp³-hybridized carbons (Fsp3) is 0.0833. The van der Waals surface area contributed by atoms with Crippen LogP contribution < -0.4 is 0 Å². The van der Waals surface area contributed by atoms with Crippen LogP contribution in [0.1, 0.15) is 5.56 Å². The molecule has 1 aromatic carbocycles. The smallest absolute Gasteiger partial charge is 0.234 e. The highest BCUT2D eigenvalue weighted by atomic mass is 35.5. The number of rotatable bonds is 1. The maximum Gasteiger partial charge on any atom is 0.234 e. The molecule has 2 heterocycles. The van der Waals surface area contributed by atoms with Crippen molar-refractivity contribution in [3.8, 4) is 10.6 Å². The SMILES string of the molecule is Cc1cnc2ccc(-c3nc(Cl)ns3)cc2c1. The second kappa shape index (κ2) is 4.05. The maximum absolute atomic E-state index is 5.73. The van der Waals surface area contributed by atoms with Gasteiger partial charge in [-0.25, -0.2) is 4.98 Å². The molecule has 0 aliphatic heterocycles. The average molecular weight is 262 g/mol. The average Bonchev–Trinajstić information content (AvgIpc) is 2.75. The Hall–Kier alpha value is -1.52. The minimum atomic E-state index is 0.299. The van der Waals surface area contributed by atoms with E-state index in [0.29, 0.717) is 5.28 Å². The Morgan fingerprint density at radius 1 is 1.24 bits per heavy atom. The van der Waals surface area contributed by atoms with Crippen molar-refractivity contribution < 1.29 is 0 Å². The molecule has 0 bridgehead atoms. The van der Waals surface area contributed by atoms with E-state index in [4.69, 9.17) is 11.6 Å². The van der Waals surface area contributed by atoms with E-state index in [2.05, 4.69) is 26.5 Å². The lowest BCUT2D eigenvalue weighted by Crippen LogP contribution is -1.82. The molecule has 0 atom stereocenters. The van der Waals surface area contributed by atoms with Crippen molar-refractivity contribution in [2.24, 2.45) is 0 Å². The first-order valence-corrected chi connectivity index (χ1v) is 6.23. The lowest BCUT2D eigenvalue weighted by molar-refractivity contribution is 1.32. The van der Waals surface area contributed by atoms with Crippen LogP contribution in [0.2, 0.25) is 5.28 Å². The lowest BCUT2D eigenvalue weighted by atomic mass is 10.1. The number of hydrogen-bond acceptors (Lipinski definition) is 4. The highest BCUT2D eigenvalue weighted by Crippen LogP contribution is 2.26. The van der Waals surface area contributed by atoms with Crippen LogP contribution in [0.5, 0.6) is 0 Å². The van der Waals surface area contributed by atoms with Gasteiger partial charge in [0.05, 0.1) is 5.52 Å². The molecule has 0 N–H and O–H groups in total. The van der Waals surface area contributed by atoms with Gasteiger partial charge in [0.15, 0.2) is 0 Å². The first-order valence-electron chi connectivity index (χ1n) is 5.08. The standard InChI is InChI=1S/C12H8ClN3S/c1-7-4-9-5-8(2-3-10(9)14-6-7)11-15-12(13)16-17-11/h2-6H,1H3. The predicted octanol–water partition coefficient (Wildman–Crippen LogP) is 3.72. The van der Waals surface area contributed by atoms with E-state index in [1.54, 1.807) is 0 Å². The Morgan fingerprint density at radius 3 is 2.88 bits per heavy atom. The van der Waals surface area contributed by atoms with E-state index >= 15 is 0 Å². The van der Waals surface area contributed by atoms with Gasteiger partial charge in [0.1, 0.15) is 5.01 Å². The normalized spacial score (nSPS) is 10.9. The minimum absolute atomic E-state index is 0.299. The van der Waals surface area contributed by atoms with Crippen LogP contribution in [-0.4, -0.2) is 14.3 Å². The lowest BCUT2D eigenvalue weighted by Gasteiger charge is -2.00. The molecule has 0 spiro atoms. The molecule has 0 saturated heterocycles. The molecular formula is C12H8ClN3S. The van der Waals surface area contributed by atoms with Gasteiger partial charge in [0.2, 0.25) is 5.28 Å². The van der Waals surface area contributed by atoms with Crippen molar-refractivity contribution in [1.82, 2.24) is 14.3 Å². The van der Waals surface area contributed by atoms with E-state index in [-0.39, 0.29) is 0 Å². The van der Waals surface area contributed by atoms with Gasteiger partial charge in [0.25, 0.3) is 0 Å². The molecule has 5 heteroatoms. The molecule has 0 amide bonds. The molecule has 2 aromatic heterocycles. The number of hydrogen-bond donors (Lipinski definition) is 0. The van der Waals surface area contributed by atoms with E-state index < -0.39 is 0 Å². The molecule has 0 radical (unpaired) electrons. The number of halogens is 1. The minimum Gasteiger partial charge on any atom is -0.256 e. The second-order valence-corrected chi connectivity index (χ2v) is 4.88. The molecule has 0 saturated carbocycles. The van der Waals surface area contributed by atoms with Crippen LogP contribution in [0.4, 0.5) is 0 Å². The van der Waals surface area contributed by atoms with Gasteiger partial charge >= 0.3 is 0 Å². The van der Waals surface area contributed by atoms with Crippen LogP contribution in [0.3, 0.4) is 0 Å². The topological polar surface area (TPSA) is 38.7 Å². The van der Waals surface area contributed by atoms with Crippen LogP contribution in [-0.2, 0) is 0 Å². The number of fused-ring (bicyclic) bond motifs is 1. The third kappa shape index (κ3) is 2.01. The monoisotopic (exact) mass is 261 g/mol. The predicted molar refractivity (Wildman–Crippen MR) is 70.4 cm³/mol. The summed E-state index contributed by atoms with van der Waals surface area (Å²) in [6.07, 6.45) is 1.86. The summed E-state index contributed by atoms with van der Waals surface area (Å²) in [5, 5.41) is 2.24. The number of benzene rings is 1. The zero-order chi connectivity index (χ0) is 11.8. The summed E-state index contributed by atoms with van der Waals surface area (Å²) in [5.41, 5.74) is 3.15. The largest absolute Gasteiger partial charge is 0.256 e. The maximum atomic E-state index is 5.73. The van der Waals surface area contributed by atoms with Crippen molar-refractivity contribution >= 4 is 34.0 Å². The molecule has 3 aromatic rings. The molecule has 0 aliphatic carbocycles. The van der Waals surface area contributed by atoms with Crippen LogP contribution >= 0.6 is 23.1 Å². The van der Waals surface area contributed by atoms with Crippen molar-refractivity contribution in [3.05, 3.63) is 41.3 Å². The van der Waals surface area contributed by atoms with Crippen molar-refractivity contribution in [2.45, 2.75) is 6.92 Å². The van der Waals surface area contributed by atoms with Crippen molar-refractivity contribution in [1.29, 1.82) is 0 Å². The Balaban J connectivity index is 2.18. The first kappa shape index (κ1) is 10.6. The summed E-state index contributed by atoms with van der Waals surface area (Å²) >= 11 is 7.03. The Bertz CT molecular complexity index is 693. The van der Waals surface area contributed by atoms with Gasteiger partial charge in [-0.05, 0) is 59.9 Å². The highest BCUT2D eigenvalue weighted by Gasteiger charge is 2.06. The van der Waals surface area contributed by atoms with Gasteiger partial charge in [-0.2, -0.15) is 4.37 Å². The fourth-order valence-corrected chi connectivity index (χ4v) is 2.50. The summed E-state index contributed by atoms with van der Waals surface area (Å²) in [6.45, 7) is 2.03. The van der Waals surface area contributed by atoms with Crippen molar-refractivity contribution in [3.63, 3.8) is 0 Å². The van der Waals surface area contributed by atoms with Gasteiger partial charge in [-0.1, -0.05) is 0 Å². The quantitative estimate of drug-likeness (QED) is 0.670. The second-order valence-electron chi connectivity index (χ2n) is 3.79. The molecule has 3 nitrogen and oxygen atoms in total. The van der Waals surface area contributed by atoms with Gasteiger partial charge < -0.3 is 0 Å². The molecule has 84 valence electrons. The molecule has 3 rings (SSSR count). The number of aryl methyl sites for hydroxylation is 1. The van der Waals surface area contributed by atoms with E-state index in [0.717, 1.165) is 27.0 Å². The zero-order valence-electron chi connectivity index (χ0n) is 9.01. The van der Waals surface area contributed by atoms with Gasteiger partial charge in [-0.3, -0.25) is 4.98 Å². The van der Waals surface area contributed by atoms with E-state index in [9.17, 15) is 0 Å². The summed E-state index contributed by atoms with van der Waals surface area (Å²) in [7, 11) is 0. The highest BCUT2D eigenvalue weighted by molar-refractivity contribution is 7.09. The summed E-state index contributed by atoms with van der Waals surface area (Å²) < 4.78 is 3.97. The zero-order valence-corrected chi connectivity index (χ0v) is 10.6. The summed E-state index contributed by atoms with van der Waals surface area (Å²) in [4.78, 5) is 8.52. The molecule has 0 aliphatic rings. The summed E-state index contributed by atoms with van der Waals surface area (Å²) in [5.74, 6) is 0. The first-order chi connectivity index (χ1) is 8.22. The van der Waals surface area contributed by atoms with Gasteiger partial charge in [0, 0.05) is 17.1 Å². The third-order valence-corrected chi connectivity index (χ3v) is 3.50. The summed E-state index contributed by atoms with van der Waals surface area (Å²) in [6, 6.07) is 8.14.